The van der Waals surface area contributed by atoms with Crippen molar-refractivity contribution in [3.63, 3.8) is 0 Å². The van der Waals surface area contributed by atoms with Crippen LogP contribution in [0.3, 0.4) is 0 Å². The summed E-state index contributed by atoms with van der Waals surface area (Å²) in [5.41, 5.74) is 1.63. The molecule has 90 valence electrons. The first-order valence-electron chi connectivity index (χ1n) is 5.18. The maximum absolute atomic E-state index is 13.0. The number of rotatable bonds is 3. The number of aryl methyl sites for hydroxylation is 2. The van der Waals surface area contributed by atoms with Gasteiger partial charge >= 0.3 is 0 Å². The number of benzene rings is 1. The molecule has 1 aromatic heterocycles. The van der Waals surface area contributed by atoms with Crippen LogP contribution in [0.25, 0.3) is 0 Å². The van der Waals surface area contributed by atoms with E-state index in [4.69, 9.17) is 11.6 Å². The first kappa shape index (κ1) is 12.3. The predicted molar refractivity (Wildman–Crippen MR) is 70.3 cm³/mol. The lowest BCUT2D eigenvalue weighted by Crippen LogP contribution is -2.00. The molecule has 0 spiro atoms. The van der Waals surface area contributed by atoms with Gasteiger partial charge in [0.25, 0.3) is 0 Å². The first-order valence-corrected chi connectivity index (χ1v) is 6.37. The minimum absolute atomic E-state index is 0.302. The molecule has 2 rings (SSSR count). The molecular weight excluding hydrogens is 259 g/mol. The highest BCUT2D eigenvalue weighted by atomic mass is 35.5. The van der Waals surface area contributed by atoms with Crippen LogP contribution in [0.5, 0.6) is 0 Å². The molecule has 0 unspecified atom stereocenters. The average molecular weight is 271 g/mol. The summed E-state index contributed by atoms with van der Waals surface area (Å²) in [5, 5.41) is 4.57. The molecule has 1 N–H and O–H groups in total. The van der Waals surface area contributed by atoms with Gasteiger partial charge in [0.15, 0.2) is 0 Å². The van der Waals surface area contributed by atoms with E-state index in [0.717, 1.165) is 10.7 Å². The Bertz CT molecular complexity index is 520. The molecule has 1 aromatic carbocycles. The van der Waals surface area contributed by atoms with Gasteiger partial charge in [0.1, 0.15) is 10.8 Å². The maximum Gasteiger partial charge on any atom is 0.125 e. The van der Waals surface area contributed by atoms with Crippen LogP contribution < -0.4 is 5.32 Å². The van der Waals surface area contributed by atoms with E-state index in [2.05, 4.69) is 10.3 Å². The van der Waals surface area contributed by atoms with Crippen molar-refractivity contribution in [3.8, 4) is 0 Å². The molecule has 0 aliphatic carbocycles. The van der Waals surface area contributed by atoms with Gasteiger partial charge < -0.3 is 5.32 Å². The Labute approximate surface area is 108 Å². The number of hydrogen-bond acceptors (Lipinski definition) is 3. The Morgan fingerprint density at radius 2 is 2.18 bits per heavy atom. The SMILES string of the molecule is Cc1nc(CNc2cc(F)ccc2Cl)sc1C. The van der Waals surface area contributed by atoms with Crippen molar-refractivity contribution >= 4 is 28.6 Å². The monoisotopic (exact) mass is 270 g/mol. The third-order valence-corrected chi connectivity index (χ3v) is 3.83. The van der Waals surface area contributed by atoms with Crippen molar-refractivity contribution in [2.24, 2.45) is 0 Å². The molecule has 2 nitrogen and oxygen atoms in total. The lowest BCUT2D eigenvalue weighted by Gasteiger charge is -2.06. The molecule has 0 aliphatic heterocycles. The van der Waals surface area contributed by atoms with Crippen molar-refractivity contribution in [1.82, 2.24) is 4.98 Å². The fraction of sp³-hybridized carbons (Fsp3) is 0.250. The van der Waals surface area contributed by atoms with Crippen LogP contribution in [0.2, 0.25) is 5.02 Å². The Morgan fingerprint density at radius 3 is 2.82 bits per heavy atom. The highest BCUT2D eigenvalue weighted by Crippen LogP contribution is 2.24. The second-order valence-corrected chi connectivity index (χ2v) is 5.42. The zero-order valence-corrected chi connectivity index (χ0v) is 11.1. The van der Waals surface area contributed by atoms with Gasteiger partial charge in [-0.05, 0) is 32.0 Å². The number of thiazole rings is 1. The number of halogens is 2. The molecule has 0 fully saturated rings. The van der Waals surface area contributed by atoms with E-state index in [9.17, 15) is 4.39 Å². The number of hydrogen-bond donors (Lipinski definition) is 1. The van der Waals surface area contributed by atoms with E-state index in [1.807, 2.05) is 13.8 Å². The quantitative estimate of drug-likeness (QED) is 0.906. The van der Waals surface area contributed by atoms with E-state index < -0.39 is 0 Å². The van der Waals surface area contributed by atoms with Crippen molar-refractivity contribution in [1.29, 1.82) is 0 Å². The summed E-state index contributed by atoms with van der Waals surface area (Å²) in [5.74, 6) is -0.302. The molecule has 17 heavy (non-hydrogen) atoms. The third-order valence-electron chi connectivity index (χ3n) is 2.43. The summed E-state index contributed by atoms with van der Waals surface area (Å²) in [6.45, 7) is 4.57. The fourth-order valence-corrected chi connectivity index (χ4v) is 2.48. The number of nitrogens with one attached hydrogen (secondary N) is 1. The van der Waals surface area contributed by atoms with Gasteiger partial charge in [-0.3, -0.25) is 0 Å². The summed E-state index contributed by atoms with van der Waals surface area (Å²) in [6, 6.07) is 4.26. The van der Waals surface area contributed by atoms with E-state index in [0.29, 0.717) is 17.3 Å². The normalized spacial score (nSPS) is 10.6. The van der Waals surface area contributed by atoms with Gasteiger partial charge in [-0.25, -0.2) is 9.37 Å². The molecule has 0 amide bonds. The van der Waals surface area contributed by atoms with Gasteiger partial charge in [-0.2, -0.15) is 0 Å². The molecular formula is C12H12ClFN2S. The highest BCUT2D eigenvalue weighted by molar-refractivity contribution is 7.11. The number of aromatic nitrogens is 1. The van der Waals surface area contributed by atoms with Crippen LogP contribution in [0, 0.1) is 19.7 Å². The van der Waals surface area contributed by atoms with Crippen LogP contribution in [-0.2, 0) is 6.54 Å². The summed E-state index contributed by atoms with van der Waals surface area (Å²) in [7, 11) is 0. The molecule has 2 aromatic rings. The summed E-state index contributed by atoms with van der Waals surface area (Å²) >= 11 is 7.59. The second-order valence-electron chi connectivity index (χ2n) is 3.73. The van der Waals surface area contributed by atoms with Crippen molar-refractivity contribution in [3.05, 3.63) is 44.6 Å². The third kappa shape index (κ3) is 2.96. The Balaban J connectivity index is 2.09. The van der Waals surface area contributed by atoms with E-state index in [1.165, 1.54) is 23.1 Å². The zero-order chi connectivity index (χ0) is 12.4. The maximum atomic E-state index is 13.0. The van der Waals surface area contributed by atoms with Gasteiger partial charge in [-0.1, -0.05) is 11.6 Å². The summed E-state index contributed by atoms with van der Waals surface area (Å²) < 4.78 is 13.0. The smallest absolute Gasteiger partial charge is 0.125 e. The van der Waals surface area contributed by atoms with Crippen LogP contribution in [0.4, 0.5) is 10.1 Å². The van der Waals surface area contributed by atoms with Gasteiger partial charge in [0.2, 0.25) is 0 Å². The Kier molecular flexibility index (Phi) is 3.64. The van der Waals surface area contributed by atoms with E-state index >= 15 is 0 Å². The molecule has 1 heterocycles. The molecule has 5 heteroatoms. The lowest BCUT2D eigenvalue weighted by atomic mass is 10.3. The first-order chi connectivity index (χ1) is 8.06. The van der Waals surface area contributed by atoms with Crippen LogP contribution in [0.1, 0.15) is 15.6 Å². The largest absolute Gasteiger partial charge is 0.377 e. The lowest BCUT2D eigenvalue weighted by molar-refractivity contribution is 0.628. The molecule has 0 saturated carbocycles. The summed E-state index contributed by atoms with van der Waals surface area (Å²) in [4.78, 5) is 5.60. The fourth-order valence-electron chi connectivity index (χ4n) is 1.42. The summed E-state index contributed by atoms with van der Waals surface area (Å²) in [6.07, 6.45) is 0. The van der Waals surface area contributed by atoms with Gasteiger partial charge in [0.05, 0.1) is 22.9 Å². The number of anilines is 1. The predicted octanol–water partition coefficient (Wildman–Crippen LogP) is 4.16. The Hall–Kier alpha value is -1.13. The van der Waals surface area contributed by atoms with Crippen LogP contribution in [0.15, 0.2) is 18.2 Å². The topological polar surface area (TPSA) is 24.9 Å². The molecule has 0 bridgehead atoms. The second kappa shape index (κ2) is 5.02. The minimum atomic E-state index is -0.302. The van der Waals surface area contributed by atoms with Crippen molar-refractivity contribution in [2.75, 3.05) is 5.32 Å². The van der Waals surface area contributed by atoms with E-state index in [1.54, 1.807) is 11.3 Å². The minimum Gasteiger partial charge on any atom is -0.377 e. The molecule has 0 saturated heterocycles. The van der Waals surface area contributed by atoms with Gasteiger partial charge in [-0.15, -0.1) is 11.3 Å². The Morgan fingerprint density at radius 1 is 1.41 bits per heavy atom. The number of nitrogens with zero attached hydrogens (tertiary/aromatic N) is 1. The average Bonchev–Trinajstić information content (AvgIpc) is 2.60. The molecule has 0 aliphatic rings. The zero-order valence-electron chi connectivity index (χ0n) is 9.55. The van der Waals surface area contributed by atoms with Crippen LogP contribution in [-0.4, -0.2) is 4.98 Å². The molecule has 0 radical (unpaired) electrons. The standard InChI is InChI=1S/C12H12ClFN2S/c1-7-8(2)17-12(16-7)6-15-11-5-9(14)3-4-10(11)13/h3-5,15H,6H2,1-2H3. The molecule has 0 atom stereocenters. The van der Waals surface area contributed by atoms with Crippen molar-refractivity contribution in [2.45, 2.75) is 20.4 Å². The highest BCUT2D eigenvalue weighted by Gasteiger charge is 2.05. The van der Waals surface area contributed by atoms with Crippen LogP contribution >= 0.6 is 22.9 Å². The van der Waals surface area contributed by atoms with Gasteiger partial charge in [0, 0.05) is 4.88 Å². The van der Waals surface area contributed by atoms with Crippen molar-refractivity contribution < 1.29 is 4.39 Å². The van der Waals surface area contributed by atoms with E-state index in [-0.39, 0.29) is 5.82 Å².